The molecule has 1 aromatic heterocycles. The van der Waals surface area contributed by atoms with Crippen LogP contribution in [-0.2, 0) is 0 Å². The summed E-state index contributed by atoms with van der Waals surface area (Å²) in [4.78, 5) is 15.3. The smallest absolute Gasteiger partial charge is 0.167 e. The average molecular weight is 250 g/mol. The summed E-state index contributed by atoms with van der Waals surface area (Å²) in [5.41, 5.74) is 1.60. The van der Waals surface area contributed by atoms with E-state index >= 15 is 0 Å². The molecule has 0 spiro atoms. The number of para-hydroxylation sites is 1. The Hall–Kier alpha value is -1.28. The van der Waals surface area contributed by atoms with E-state index in [0.717, 1.165) is 29.3 Å². The maximum Gasteiger partial charge on any atom is 0.167 e. The summed E-state index contributed by atoms with van der Waals surface area (Å²) < 4.78 is 0. The van der Waals surface area contributed by atoms with Crippen molar-refractivity contribution in [3.63, 3.8) is 0 Å². The number of nitrogens with one attached hydrogen (secondary N) is 1. The first-order chi connectivity index (χ1) is 8.15. The van der Waals surface area contributed by atoms with Gasteiger partial charge in [0.05, 0.1) is 10.5 Å². The highest BCUT2D eigenvalue weighted by Crippen LogP contribution is 2.27. The van der Waals surface area contributed by atoms with Crippen LogP contribution in [0.15, 0.2) is 24.4 Å². The van der Waals surface area contributed by atoms with Crippen LogP contribution in [-0.4, -0.2) is 10.8 Å². The number of carbonyl (C=O) groups is 1. The fourth-order valence-electron chi connectivity index (χ4n) is 2.15. The van der Waals surface area contributed by atoms with E-state index in [2.05, 4.69) is 11.9 Å². The maximum atomic E-state index is 12.3. The van der Waals surface area contributed by atoms with Crippen LogP contribution in [0.3, 0.4) is 0 Å². The summed E-state index contributed by atoms with van der Waals surface area (Å²) in [5.74, 6) is 0.262. The topological polar surface area (TPSA) is 32.9 Å². The number of hydrogen-bond donors (Lipinski definition) is 1. The van der Waals surface area contributed by atoms with Gasteiger partial charge in [-0.25, -0.2) is 0 Å². The Morgan fingerprint density at radius 3 is 2.94 bits per heavy atom. The molecule has 2 nitrogen and oxygen atoms in total. The number of aromatic nitrogens is 1. The molecule has 3 heteroatoms. The van der Waals surface area contributed by atoms with Crippen LogP contribution in [0.1, 0.15) is 37.0 Å². The summed E-state index contributed by atoms with van der Waals surface area (Å²) in [7, 11) is 0. The van der Waals surface area contributed by atoms with Crippen LogP contribution in [0.5, 0.6) is 0 Å². The summed E-state index contributed by atoms with van der Waals surface area (Å²) >= 11 is 6.07. The van der Waals surface area contributed by atoms with Gasteiger partial charge in [0.15, 0.2) is 5.78 Å². The Morgan fingerprint density at radius 1 is 1.47 bits per heavy atom. The molecule has 0 aliphatic heterocycles. The number of benzene rings is 1. The van der Waals surface area contributed by atoms with Gasteiger partial charge in [0.1, 0.15) is 0 Å². The van der Waals surface area contributed by atoms with Gasteiger partial charge >= 0.3 is 0 Å². The van der Waals surface area contributed by atoms with Crippen molar-refractivity contribution in [1.29, 1.82) is 0 Å². The van der Waals surface area contributed by atoms with Gasteiger partial charge in [-0.3, -0.25) is 4.79 Å². The zero-order chi connectivity index (χ0) is 12.4. The lowest BCUT2D eigenvalue weighted by atomic mass is 9.95. The van der Waals surface area contributed by atoms with Crippen LogP contribution in [0, 0.1) is 5.92 Å². The van der Waals surface area contributed by atoms with E-state index in [4.69, 9.17) is 11.6 Å². The molecule has 17 heavy (non-hydrogen) atoms. The van der Waals surface area contributed by atoms with E-state index in [0.29, 0.717) is 5.02 Å². The van der Waals surface area contributed by atoms with Crippen LogP contribution >= 0.6 is 11.6 Å². The van der Waals surface area contributed by atoms with E-state index in [9.17, 15) is 4.79 Å². The van der Waals surface area contributed by atoms with Gasteiger partial charge in [-0.1, -0.05) is 44.0 Å². The van der Waals surface area contributed by atoms with Crippen LogP contribution in [0.4, 0.5) is 0 Å². The third-order valence-electron chi connectivity index (χ3n) is 3.10. The Balaban J connectivity index is 2.43. The van der Waals surface area contributed by atoms with E-state index in [1.807, 2.05) is 25.1 Å². The summed E-state index contributed by atoms with van der Waals surface area (Å²) in [6.07, 6.45) is 3.72. The summed E-state index contributed by atoms with van der Waals surface area (Å²) in [6, 6.07) is 5.63. The molecule has 2 aromatic rings. The van der Waals surface area contributed by atoms with Crippen molar-refractivity contribution < 1.29 is 4.79 Å². The minimum absolute atomic E-state index is 0.0676. The van der Waals surface area contributed by atoms with Crippen molar-refractivity contribution in [3.05, 3.63) is 35.0 Å². The molecular weight excluding hydrogens is 234 g/mol. The second kappa shape index (κ2) is 4.92. The first-order valence-corrected chi connectivity index (χ1v) is 6.32. The molecule has 1 heterocycles. The van der Waals surface area contributed by atoms with Crippen molar-refractivity contribution in [1.82, 2.24) is 4.98 Å². The highest BCUT2D eigenvalue weighted by atomic mass is 35.5. The lowest BCUT2D eigenvalue weighted by molar-refractivity contribution is 0.0925. The molecule has 1 N–H and O–H groups in total. The van der Waals surface area contributed by atoms with Crippen LogP contribution < -0.4 is 0 Å². The fourth-order valence-corrected chi connectivity index (χ4v) is 2.38. The van der Waals surface area contributed by atoms with Crippen molar-refractivity contribution in [2.75, 3.05) is 0 Å². The zero-order valence-electron chi connectivity index (χ0n) is 10.1. The highest BCUT2D eigenvalue weighted by Gasteiger charge is 2.18. The van der Waals surface area contributed by atoms with Crippen LogP contribution in [0.2, 0.25) is 5.02 Å². The Kier molecular flexibility index (Phi) is 3.53. The fraction of sp³-hybridized carbons (Fsp3) is 0.357. The van der Waals surface area contributed by atoms with Crippen molar-refractivity contribution >= 4 is 28.3 Å². The van der Waals surface area contributed by atoms with Gasteiger partial charge in [-0.05, 0) is 12.5 Å². The lowest BCUT2D eigenvalue weighted by Gasteiger charge is -2.07. The second-order valence-electron chi connectivity index (χ2n) is 4.42. The zero-order valence-corrected chi connectivity index (χ0v) is 10.8. The standard InChI is InChI=1S/C14H16ClNO/c1-3-5-9(2)14(17)11-8-16-13-10(11)6-4-7-12(13)15/h4,6-9,16H,3,5H2,1-2H3. The predicted octanol–water partition coefficient (Wildman–Crippen LogP) is 4.44. The average Bonchev–Trinajstić information content (AvgIpc) is 2.73. The van der Waals surface area contributed by atoms with Crippen LogP contribution in [0.25, 0.3) is 10.9 Å². The molecule has 0 bridgehead atoms. The first kappa shape index (κ1) is 12.2. The van der Waals surface area contributed by atoms with Gasteiger partial charge in [0, 0.05) is 23.1 Å². The molecule has 1 atom stereocenters. The largest absolute Gasteiger partial charge is 0.359 e. The molecule has 0 aliphatic rings. The number of rotatable bonds is 4. The maximum absolute atomic E-state index is 12.3. The Morgan fingerprint density at radius 2 is 2.24 bits per heavy atom. The molecule has 0 aliphatic carbocycles. The quantitative estimate of drug-likeness (QED) is 0.799. The minimum atomic E-state index is 0.0676. The lowest BCUT2D eigenvalue weighted by Crippen LogP contribution is -2.10. The van der Waals surface area contributed by atoms with E-state index in [1.165, 1.54) is 0 Å². The second-order valence-corrected chi connectivity index (χ2v) is 4.83. The molecule has 1 unspecified atom stereocenters. The third-order valence-corrected chi connectivity index (χ3v) is 3.41. The number of H-pyrrole nitrogens is 1. The Bertz CT molecular complexity index is 544. The van der Waals surface area contributed by atoms with Gasteiger partial charge < -0.3 is 4.98 Å². The number of Topliss-reactive ketones (excluding diaryl/α,β-unsaturated/α-hetero) is 1. The van der Waals surface area contributed by atoms with Gasteiger partial charge in [0.25, 0.3) is 0 Å². The minimum Gasteiger partial charge on any atom is -0.359 e. The molecule has 90 valence electrons. The predicted molar refractivity (Wildman–Crippen MR) is 71.7 cm³/mol. The third kappa shape index (κ3) is 2.22. The van der Waals surface area contributed by atoms with Crippen molar-refractivity contribution in [2.24, 2.45) is 5.92 Å². The van der Waals surface area contributed by atoms with Gasteiger partial charge in [-0.15, -0.1) is 0 Å². The van der Waals surface area contributed by atoms with Gasteiger partial charge in [0.2, 0.25) is 0 Å². The molecule has 0 saturated heterocycles. The first-order valence-electron chi connectivity index (χ1n) is 5.95. The molecule has 0 amide bonds. The number of ketones is 1. The SMILES string of the molecule is CCCC(C)C(=O)c1c[nH]c2c(Cl)cccc12. The van der Waals surface area contributed by atoms with E-state index in [-0.39, 0.29) is 11.7 Å². The van der Waals surface area contributed by atoms with Gasteiger partial charge in [-0.2, -0.15) is 0 Å². The molecule has 0 fully saturated rings. The van der Waals surface area contributed by atoms with E-state index < -0.39 is 0 Å². The summed E-state index contributed by atoms with van der Waals surface area (Å²) in [5, 5.41) is 1.58. The number of hydrogen-bond acceptors (Lipinski definition) is 1. The number of fused-ring (bicyclic) bond motifs is 1. The summed E-state index contributed by atoms with van der Waals surface area (Å²) in [6.45, 7) is 4.07. The van der Waals surface area contributed by atoms with Crippen molar-refractivity contribution in [2.45, 2.75) is 26.7 Å². The van der Waals surface area contributed by atoms with Crippen molar-refractivity contribution in [3.8, 4) is 0 Å². The molecule has 1 aromatic carbocycles. The molecule has 2 rings (SSSR count). The number of carbonyl (C=O) groups excluding carboxylic acids is 1. The molecule has 0 saturated carbocycles. The highest BCUT2D eigenvalue weighted by molar-refractivity contribution is 6.35. The molecular formula is C14H16ClNO. The molecule has 0 radical (unpaired) electrons. The Labute approximate surface area is 106 Å². The monoisotopic (exact) mass is 249 g/mol. The van der Waals surface area contributed by atoms with E-state index in [1.54, 1.807) is 6.20 Å². The normalized spacial score (nSPS) is 12.9. The number of halogens is 1. The number of aromatic amines is 1.